The van der Waals surface area contributed by atoms with E-state index in [0.29, 0.717) is 5.92 Å². The summed E-state index contributed by atoms with van der Waals surface area (Å²) in [5, 5.41) is 0. The fraction of sp³-hybridized carbons (Fsp3) is 0.750. The second-order valence-corrected chi connectivity index (χ2v) is 5.81. The molecule has 3 heteroatoms. The van der Waals surface area contributed by atoms with Crippen molar-refractivity contribution in [3.63, 3.8) is 0 Å². The summed E-state index contributed by atoms with van der Waals surface area (Å²) in [5.74, 6) is 0.635. The van der Waals surface area contributed by atoms with Crippen LogP contribution in [-0.2, 0) is 6.42 Å². The highest BCUT2D eigenvalue weighted by molar-refractivity contribution is 7.09. The summed E-state index contributed by atoms with van der Waals surface area (Å²) in [6.07, 6.45) is 2.27. The molecule has 0 fully saturated rings. The molecule has 0 radical (unpaired) electrons. The Hall–Kier alpha value is -0.410. The van der Waals surface area contributed by atoms with Crippen LogP contribution in [0.1, 0.15) is 37.8 Å². The SMILES string of the molecule is Cc1ncsc1CCC(C)(CN)C(C)C. The first-order chi connectivity index (χ1) is 6.99. The van der Waals surface area contributed by atoms with E-state index in [1.807, 2.05) is 5.51 Å². The highest BCUT2D eigenvalue weighted by Gasteiger charge is 2.26. The average molecular weight is 226 g/mol. The molecule has 1 rings (SSSR count). The van der Waals surface area contributed by atoms with Crippen LogP contribution in [0.2, 0.25) is 0 Å². The molecule has 15 heavy (non-hydrogen) atoms. The van der Waals surface area contributed by atoms with E-state index in [9.17, 15) is 0 Å². The molecule has 2 nitrogen and oxygen atoms in total. The van der Waals surface area contributed by atoms with Crippen molar-refractivity contribution < 1.29 is 0 Å². The van der Waals surface area contributed by atoms with Gasteiger partial charge in [0.1, 0.15) is 0 Å². The van der Waals surface area contributed by atoms with Crippen LogP contribution in [0.15, 0.2) is 5.51 Å². The highest BCUT2D eigenvalue weighted by Crippen LogP contribution is 2.32. The monoisotopic (exact) mass is 226 g/mol. The van der Waals surface area contributed by atoms with Crippen LogP contribution in [0.25, 0.3) is 0 Å². The van der Waals surface area contributed by atoms with Crippen molar-refractivity contribution >= 4 is 11.3 Å². The van der Waals surface area contributed by atoms with Gasteiger partial charge < -0.3 is 5.73 Å². The normalized spacial score (nSPS) is 15.6. The Morgan fingerprint density at radius 1 is 1.53 bits per heavy atom. The summed E-state index contributed by atoms with van der Waals surface area (Å²) in [6.45, 7) is 9.65. The van der Waals surface area contributed by atoms with E-state index in [-0.39, 0.29) is 5.41 Å². The standard InChI is InChI=1S/C12H22N2S/c1-9(2)12(4,7-13)6-5-11-10(3)14-8-15-11/h8-9H,5-7,13H2,1-4H3. The van der Waals surface area contributed by atoms with Gasteiger partial charge in [0.15, 0.2) is 0 Å². The maximum atomic E-state index is 5.87. The van der Waals surface area contributed by atoms with Gasteiger partial charge in [0.05, 0.1) is 11.2 Å². The zero-order valence-corrected chi connectivity index (χ0v) is 11.0. The van der Waals surface area contributed by atoms with E-state index in [0.717, 1.165) is 19.4 Å². The minimum atomic E-state index is 0.260. The molecule has 0 aromatic carbocycles. The molecule has 0 saturated carbocycles. The van der Waals surface area contributed by atoms with Crippen LogP contribution in [0, 0.1) is 18.3 Å². The summed E-state index contributed by atoms with van der Waals surface area (Å²) in [4.78, 5) is 5.69. The Kier molecular flexibility index (Phi) is 4.29. The maximum Gasteiger partial charge on any atom is 0.0797 e. The number of nitrogens with two attached hydrogens (primary N) is 1. The molecule has 1 aromatic heterocycles. The molecule has 1 aromatic rings. The molecule has 0 aliphatic rings. The van der Waals surface area contributed by atoms with E-state index >= 15 is 0 Å². The predicted molar refractivity (Wildman–Crippen MR) is 67.2 cm³/mol. The Morgan fingerprint density at radius 3 is 2.60 bits per heavy atom. The van der Waals surface area contributed by atoms with E-state index < -0.39 is 0 Å². The molecule has 0 amide bonds. The first-order valence-electron chi connectivity index (χ1n) is 5.58. The largest absolute Gasteiger partial charge is 0.330 e. The van der Waals surface area contributed by atoms with Crippen molar-refractivity contribution in [2.75, 3.05) is 6.54 Å². The maximum absolute atomic E-state index is 5.87. The Balaban J connectivity index is 2.59. The van der Waals surface area contributed by atoms with Gasteiger partial charge in [-0.2, -0.15) is 0 Å². The number of nitrogens with zero attached hydrogens (tertiary/aromatic N) is 1. The van der Waals surface area contributed by atoms with Crippen LogP contribution in [0.4, 0.5) is 0 Å². The van der Waals surface area contributed by atoms with Gasteiger partial charge >= 0.3 is 0 Å². The number of aromatic nitrogens is 1. The predicted octanol–water partition coefficient (Wildman–Crippen LogP) is 3.01. The fourth-order valence-corrected chi connectivity index (χ4v) is 2.37. The molecule has 0 aliphatic carbocycles. The Labute approximate surface area is 96.9 Å². The van der Waals surface area contributed by atoms with Crippen molar-refractivity contribution in [2.45, 2.75) is 40.5 Å². The molecule has 0 spiro atoms. The number of thiazole rings is 1. The van der Waals surface area contributed by atoms with Crippen molar-refractivity contribution in [1.82, 2.24) is 4.98 Å². The molecule has 0 saturated heterocycles. The van der Waals surface area contributed by atoms with Gasteiger partial charge in [0, 0.05) is 4.88 Å². The lowest BCUT2D eigenvalue weighted by atomic mass is 9.75. The molecule has 0 bridgehead atoms. The van der Waals surface area contributed by atoms with Gasteiger partial charge in [0.2, 0.25) is 0 Å². The second kappa shape index (κ2) is 5.08. The Morgan fingerprint density at radius 2 is 2.20 bits per heavy atom. The van der Waals surface area contributed by atoms with Crippen LogP contribution >= 0.6 is 11.3 Å². The molecular formula is C12H22N2S. The lowest BCUT2D eigenvalue weighted by Gasteiger charge is -2.32. The molecular weight excluding hydrogens is 204 g/mol. The molecule has 1 unspecified atom stereocenters. The van der Waals surface area contributed by atoms with Crippen LogP contribution in [-0.4, -0.2) is 11.5 Å². The molecule has 1 heterocycles. The molecule has 1 atom stereocenters. The first-order valence-corrected chi connectivity index (χ1v) is 6.46. The van der Waals surface area contributed by atoms with Crippen LogP contribution in [0.5, 0.6) is 0 Å². The third-order valence-electron chi connectivity index (χ3n) is 3.63. The van der Waals surface area contributed by atoms with Gasteiger partial charge in [-0.3, -0.25) is 0 Å². The molecule has 0 aliphatic heterocycles. The summed E-state index contributed by atoms with van der Waals surface area (Å²) in [7, 11) is 0. The average Bonchev–Trinajstić information content (AvgIpc) is 2.60. The van der Waals surface area contributed by atoms with Gasteiger partial charge in [-0.05, 0) is 37.6 Å². The number of hydrogen-bond donors (Lipinski definition) is 1. The summed E-state index contributed by atoms with van der Waals surface area (Å²) in [5.41, 5.74) is 9.25. The van der Waals surface area contributed by atoms with Gasteiger partial charge in [-0.1, -0.05) is 20.8 Å². The van der Waals surface area contributed by atoms with Gasteiger partial charge in [0.25, 0.3) is 0 Å². The topological polar surface area (TPSA) is 38.9 Å². The van der Waals surface area contributed by atoms with E-state index in [2.05, 4.69) is 32.7 Å². The highest BCUT2D eigenvalue weighted by atomic mass is 32.1. The van der Waals surface area contributed by atoms with Gasteiger partial charge in [-0.15, -0.1) is 11.3 Å². The van der Waals surface area contributed by atoms with Crippen LogP contribution in [0.3, 0.4) is 0 Å². The molecule has 2 N–H and O–H groups in total. The lowest BCUT2D eigenvalue weighted by Crippen LogP contribution is -2.33. The van der Waals surface area contributed by atoms with Crippen molar-refractivity contribution in [1.29, 1.82) is 0 Å². The quantitative estimate of drug-likeness (QED) is 0.838. The summed E-state index contributed by atoms with van der Waals surface area (Å²) in [6, 6.07) is 0. The lowest BCUT2D eigenvalue weighted by molar-refractivity contribution is 0.210. The van der Waals surface area contributed by atoms with E-state index in [4.69, 9.17) is 5.73 Å². The van der Waals surface area contributed by atoms with E-state index in [1.54, 1.807) is 11.3 Å². The van der Waals surface area contributed by atoms with Crippen LogP contribution < -0.4 is 5.73 Å². The Bertz CT molecular complexity index is 306. The van der Waals surface area contributed by atoms with Crippen molar-refractivity contribution in [3.05, 3.63) is 16.1 Å². The smallest absolute Gasteiger partial charge is 0.0797 e. The van der Waals surface area contributed by atoms with Crippen molar-refractivity contribution in [2.24, 2.45) is 17.1 Å². The van der Waals surface area contributed by atoms with Gasteiger partial charge in [-0.25, -0.2) is 4.98 Å². The summed E-state index contributed by atoms with van der Waals surface area (Å²) >= 11 is 1.76. The fourth-order valence-electron chi connectivity index (χ4n) is 1.59. The summed E-state index contributed by atoms with van der Waals surface area (Å²) < 4.78 is 0. The first kappa shape index (κ1) is 12.7. The third-order valence-corrected chi connectivity index (χ3v) is 4.62. The number of hydrogen-bond acceptors (Lipinski definition) is 3. The second-order valence-electron chi connectivity index (χ2n) is 4.87. The number of rotatable bonds is 5. The zero-order valence-electron chi connectivity index (χ0n) is 10.2. The van der Waals surface area contributed by atoms with E-state index in [1.165, 1.54) is 10.6 Å². The zero-order chi connectivity index (χ0) is 11.5. The van der Waals surface area contributed by atoms with Crippen molar-refractivity contribution in [3.8, 4) is 0 Å². The number of aryl methyl sites for hydroxylation is 2. The minimum absolute atomic E-state index is 0.260. The molecule has 86 valence electrons. The third kappa shape index (κ3) is 3.02. The minimum Gasteiger partial charge on any atom is -0.330 e.